The Bertz CT molecular complexity index is 241. The van der Waals surface area contributed by atoms with Crippen molar-refractivity contribution in [2.75, 3.05) is 26.7 Å². The number of esters is 1. The monoisotopic (exact) mass is 228 g/mol. The van der Waals surface area contributed by atoms with E-state index in [0.717, 1.165) is 19.5 Å². The molecule has 0 aliphatic carbocycles. The molecular weight excluding hydrogens is 204 g/mol. The van der Waals surface area contributed by atoms with Gasteiger partial charge >= 0.3 is 5.97 Å². The minimum Gasteiger partial charge on any atom is -0.465 e. The number of nitrogens with zero attached hydrogens (tertiary/aromatic N) is 1. The zero-order valence-electron chi connectivity index (χ0n) is 10.9. The van der Waals surface area contributed by atoms with Gasteiger partial charge in [0.2, 0.25) is 0 Å². The average Bonchev–Trinajstić information content (AvgIpc) is 2.17. The summed E-state index contributed by atoms with van der Waals surface area (Å²) in [5.41, 5.74) is -0.584. The standard InChI is InChI=1S/C12H24N2O2/c1-5-16-11(15)12(2,3)13-10-7-6-8-14(4)9-10/h10,13H,5-9H2,1-4H3. The van der Waals surface area contributed by atoms with Gasteiger partial charge in [0.1, 0.15) is 5.54 Å². The molecule has 1 atom stereocenters. The van der Waals surface area contributed by atoms with Crippen LogP contribution in [0.15, 0.2) is 0 Å². The predicted octanol–water partition coefficient (Wildman–Crippen LogP) is 1.01. The summed E-state index contributed by atoms with van der Waals surface area (Å²) in [4.78, 5) is 14.0. The van der Waals surface area contributed by atoms with Crippen molar-refractivity contribution in [3.63, 3.8) is 0 Å². The highest BCUT2D eigenvalue weighted by Crippen LogP contribution is 2.13. The molecule has 94 valence electrons. The maximum absolute atomic E-state index is 11.7. The van der Waals surface area contributed by atoms with Crippen LogP contribution in [-0.2, 0) is 9.53 Å². The number of likely N-dealkylation sites (tertiary alicyclic amines) is 1. The first-order valence-electron chi connectivity index (χ1n) is 6.09. The number of hydrogen-bond donors (Lipinski definition) is 1. The fourth-order valence-electron chi connectivity index (χ4n) is 2.16. The first-order valence-corrected chi connectivity index (χ1v) is 6.09. The lowest BCUT2D eigenvalue weighted by Gasteiger charge is -2.35. The molecule has 0 aromatic rings. The molecule has 0 aromatic carbocycles. The second-order valence-electron chi connectivity index (χ2n) is 5.09. The molecule has 0 radical (unpaired) electrons. The van der Waals surface area contributed by atoms with Gasteiger partial charge in [-0.2, -0.15) is 0 Å². The van der Waals surface area contributed by atoms with Crippen LogP contribution in [-0.4, -0.2) is 49.2 Å². The molecule has 0 amide bonds. The molecule has 4 heteroatoms. The zero-order chi connectivity index (χ0) is 12.2. The van der Waals surface area contributed by atoms with Gasteiger partial charge in [0.05, 0.1) is 6.61 Å². The molecule has 4 nitrogen and oxygen atoms in total. The van der Waals surface area contributed by atoms with E-state index in [9.17, 15) is 4.79 Å². The lowest BCUT2D eigenvalue weighted by Crippen LogP contribution is -2.56. The van der Waals surface area contributed by atoms with E-state index in [-0.39, 0.29) is 5.97 Å². The van der Waals surface area contributed by atoms with E-state index in [4.69, 9.17) is 4.74 Å². The molecule has 1 N–H and O–H groups in total. The van der Waals surface area contributed by atoms with Gasteiger partial charge in [-0.15, -0.1) is 0 Å². The van der Waals surface area contributed by atoms with Crippen molar-refractivity contribution in [1.29, 1.82) is 0 Å². The third kappa shape index (κ3) is 3.76. The van der Waals surface area contributed by atoms with E-state index < -0.39 is 5.54 Å². The Morgan fingerprint density at radius 2 is 2.25 bits per heavy atom. The molecule has 1 aliphatic rings. The zero-order valence-corrected chi connectivity index (χ0v) is 10.9. The quantitative estimate of drug-likeness (QED) is 0.729. The summed E-state index contributed by atoms with van der Waals surface area (Å²) in [5.74, 6) is -0.164. The Kier molecular flexibility index (Phi) is 4.74. The number of carbonyl (C=O) groups is 1. The van der Waals surface area contributed by atoms with Crippen molar-refractivity contribution in [2.45, 2.75) is 45.2 Å². The van der Waals surface area contributed by atoms with Crippen LogP contribution in [0.5, 0.6) is 0 Å². The Hall–Kier alpha value is -0.610. The van der Waals surface area contributed by atoms with Crippen LogP contribution in [0, 0.1) is 0 Å². The normalized spacial score (nSPS) is 23.1. The van der Waals surface area contributed by atoms with Gasteiger partial charge < -0.3 is 9.64 Å². The third-order valence-corrected chi connectivity index (χ3v) is 2.98. The van der Waals surface area contributed by atoms with E-state index in [2.05, 4.69) is 17.3 Å². The summed E-state index contributed by atoms with van der Waals surface area (Å²) in [6, 6.07) is 0.387. The Morgan fingerprint density at radius 1 is 1.56 bits per heavy atom. The van der Waals surface area contributed by atoms with E-state index in [0.29, 0.717) is 12.6 Å². The summed E-state index contributed by atoms with van der Waals surface area (Å²) >= 11 is 0. The second-order valence-corrected chi connectivity index (χ2v) is 5.09. The number of piperidine rings is 1. The van der Waals surface area contributed by atoms with Gasteiger partial charge in [0, 0.05) is 12.6 Å². The average molecular weight is 228 g/mol. The largest absolute Gasteiger partial charge is 0.465 e. The molecule has 1 unspecified atom stereocenters. The summed E-state index contributed by atoms with van der Waals surface area (Å²) in [5, 5.41) is 3.39. The Balaban J connectivity index is 2.47. The molecular formula is C12H24N2O2. The van der Waals surface area contributed by atoms with Gasteiger partial charge in [-0.05, 0) is 47.2 Å². The maximum atomic E-state index is 11.7. The molecule has 0 spiro atoms. The highest BCUT2D eigenvalue weighted by atomic mass is 16.5. The van der Waals surface area contributed by atoms with Gasteiger partial charge in [-0.1, -0.05) is 0 Å². The highest BCUT2D eigenvalue weighted by molar-refractivity contribution is 5.79. The molecule has 1 aliphatic heterocycles. The first-order chi connectivity index (χ1) is 7.45. The first kappa shape index (κ1) is 13.5. The van der Waals surface area contributed by atoms with Crippen LogP contribution in [0.3, 0.4) is 0 Å². The van der Waals surface area contributed by atoms with Gasteiger partial charge in [0.15, 0.2) is 0 Å². The number of hydrogen-bond acceptors (Lipinski definition) is 4. The van der Waals surface area contributed by atoms with Crippen molar-refractivity contribution in [1.82, 2.24) is 10.2 Å². The highest BCUT2D eigenvalue weighted by Gasteiger charge is 2.32. The fourth-order valence-corrected chi connectivity index (χ4v) is 2.16. The molecule has 1 fully saturated rings. The Labute approximate surface area is 98.3 Å². The smallest absolute Gasteiger partial charge is 0.325 e. The molecule has 1 rings (SSSR count). The van der Waals surface area contributed by atoms with Crippen molar-refractivity contribution in [3.05, 3.63) is 0 Å². The van der Waals surface area contributed by atoms with Gasteiger partial charge in [-0.3, -0.25) is 10.1 Å². The van der Waals surface area contributed by atoms with E-state index in [1.807, 2.05) is 20.8 Å². The number of nitrogens with one attached hydrogen (secondary N) is 1. The third-order valence-electron chi connectivity index (χ3n) is 2.98. The lowest BCUT2D eigenvalue weighted by molar-refractivity contribution is -0.150. The number of carbonyl (C=O) groups excluding carboxylic acids is 1. The van der Waals surface area contributed by atoms with Crippen molar-refractivity contribution in [2.24, 2.45) is 0 Å². The minimum absolute atomic E-state index is 0.164. The summed E-state index contributed by atoms with van der Waals surface area (Å²) < 4.78 is 5.06. The van der Waals surface area contributed by atoms with Crippen molar-refractivity contribution >= 4 is 5.97 Å². The lowest BCUT2D eigenvalue weighted by atomic mass is 9.99. The molecule has 1 saturated heterocycles. The summed E-state index contributed by atoms with van der Waals surface area (Å²) in [7, 11) is 2.12. The van der Waals surface area contributed by atoms with Crippen LogP contribution in [0.25, 0.3) is 0 Å². The van der Waals surface area contributed by atoms with Gasteiger partial charge in [-0.25, -0.2) is 0 Å². The van der Waals surface area contributed by atoms with Crippen LogP contribution >= 0.6 is 0 Å². The van der Waals surface area contributed by atoms with E-state index in [1.165, 1.54) is 6.42 Å². The van der Waals surface area contributed by atoms with Crippen LogP contribution in [0.4, 0.5) is 0 Å². The molecule has 16 heavy (non-hydrogen) atoms. The molecule has 0 aromatic heterocycles. The predicted molar refractivity (Wildman–Crippen MR) is 64.4 cm³/mol. The Morgan fingerprint density at radius 3 is 2.81 bits per heavy atom. The number of likely N-dealkylation sites (N-methyl/N-ethyl adjacent to an activating group) is 1. The van der Waals surface area contributed by atoms with Gasteiger partial charge in [0.25, 0.3) is 0 Å². The number of rotatable bonds is 4. The maximum Gasteiger partial charge on any atom is 0.325 e. The van der Waals surface area contributed by atoms with E-state index in [1.54, 1.807) is 0 Å². The van der Waals surface area contributed by atoms with E-state index >= 15 is 0 Å². The second kappa shape index (κ2) is 5.64. The van der Waals surface area contributed by atoms with Crippen LogP contribution < -0.4 is 5.32 Å². The van der Waals surface area contributed by atoms with Crippen LogP contribution in [0.2, 0.25) is 0 Å². The van der Waals surface area contributed by atoms with Crippen molar-refractivity contribution < 1.29 is 9.53 Å². The molecule has 0 saturated carbocycles. The molecule has 1 heterocycles. The minimum atomic E-state index is -0.584. The fraction of sp³-hybridized carbons (Fsp3) is 0.917. The SMILES string of the molecule is CCOC(=O)C(C)(C)NC1CCCN(C)C1. The summed E-state index contributed by atoms with van der Waals surface area (Å²) in [6.07, 6.45) is 2.32. The van der Waals surface area contributed by atoms with Crippen LogP contribution in [0.1, 0.15) is 33.6 Å². The molecule has 0 bridgehead atoms. The topological polar surface area (TPSA) is 41.6 Å². The van der Waals surface area contributed by atoms with Crippen molar-refractivity contribution in [3.8, 4) is 0 Å². The number of ether oxygens (including phenoxy) is 1. The summed E-state index contributed by atoms with van der Waals surface area (Å²) in [6.45, 7) is 8.21.